The Labute approximate surface area is 185 Å². The van der Waals surface area contributed by atoms with Crippen molar-refractivity contribution < 1.29 is 19.1 Å². The van der Waals surface area contributed by atoms with E-state index in [-0.39, 0.29) is 24.7 Å². The molecule has 32 heavy (non-hydrogen) atoms. The number of carbonyl (C=O) groups is 3. The smallest absolute Gasteiger partial charge is 0.308 e. The molecule has 1 aliphatic heterocycles. The number of imidazole rings is 1. The van der Waals surface area contributed by atoms with Gasteiger partial charge in [-0.2, -0.15) is 0 Å². The Balaban J connectivity index is 1.39. The Kier molecular flexibility index (Phi) is 6.18. The molecule has 1 atom stereocenters. The normalized spacial score (nSPS) is 15.8. The van der Waals surface area contributed by atoms with Crippen molar-refractivity contribution in [2.45, 2.75) is 25.6 Å². The van der Waals surface area contributed by atoms with Crippen LogP contribution < -0.4 is 10.6 Å². The average molecular weight is 435 g/mol. The highest BCUT2D eigenvalue weighted by atomic mass is 16.5. The molecule has 9 nitrogen and oxygen atoms in total. The lowest BCUT2D eigenvalue weighted by molar-refractivity contribution is -0.143. The summed E-state index contributed by atoms with van der Waals surface area (Å²) < 4.78 is 4.70. The number of anilines is 1. The number of H-pyrrole nitrogens is 1. The number of aromatic nitrogens is 2. The van der Waals surface area contributed by atoms with Gasteiger partial charge in [-0.1, -0.05) is 24.3 Å². The van der Waals surface area contributed by atoms with Crippen molar-refractivity contribution in [1.29, 1.82) is 0 Å². The number of fused-ring (bicyclic) bond motifs is 2. The van der Waals surface area contributed by atoms with Gasteiger partial charge in [0.15, 0.2) is 5.82 Å². The molecule has 0 aliphatic carbocycles. The van der Waals surface area contributed by atoms with E-state index < -0.39 is 12.0 Å². The molecule has 1 amide bonds. The molecule has 0 saturated heterocycles. The summed E-state index contributed by atoms with van der Waals surface area (Å²) in [5.41, 5.74) is 4.32. The second kappa shape index (κ2) is 9.19. The Morgan fingerprint density at radius 1 is 1.25 bits per heavy atom. The molecule has 166 valence electrons. The van der Waals surface area contributed by atoms with Gasteiger partial charge in [0.05, 0.1) is 31.1 Å². The van der Waals surface area contributed by atoms with E-state index in [9.17, 15) is 14.4 Å². The number of likely N-dealkylation sites (N-methyl/N-ethyl adjacent to an activating group) is 1. The number of methoxy groups -OCH3 is 1. The molecule has 4 rings (SSSR count). The maximum Gasteiger partial charge on any atom is 0.308 e. The van der Waals surface area contributed by atoms with E-state index in [1.165, 1.54) is 7.11 Å². The highest BCUT2D eigenvalue weighted by Crippen LogP contribution is 2.25. The lowest BCUT2D eigenvalue weighted by Gasteiger charge is -2.19. The fraction of sp³-hybridized carbons (Fsp3) is 0.304. The van der Waals surface area contributed by atoms with Crippen LogP contribution >= 0.6 is 0 Å². The molecule has 1 aromatic heterocycles. The number of nitrogens with zero attached hydrogens (tertiary/aromatic N) is 2. The van der Waals surface area contributed by atoms with Gasteiger partial charge >= 0.3 is 5.97 Å². The van der Waals surface area contributed by atoms with Crippen molar-refractivity contribution in [3.63, 3.8) is 0 Å². The van der Waals surface area contributed by atoms with Crippen LogP contribution in [0.2, 0.25) is 0 Å². The van der Waals surface area contributed by atoms with Gasteiger partial charge < -0.3 is 25.3 Å². The largest absolute Gasteiger partial charge is 0.469 e. The monoisotopic (exact) mass is 435 g/mol. The van der Waals surface area contributed by atoms with Crippen LogP contribution in [0.4, 0.5) is 5.69 Å². The SMILES string of the molecule is COC(=O)CC1Nc2ccc(CNCC(=O)c3nc4ccccc4[nH]3)cc2CN(C)C1=O. The summed E-state index contributed by atoms with van der Waals surface area (Å²) in [6.45, 7) is 1.06. The van der Waals surface area contributed by atoms with Crippen LogP contribution in [0.5, 0.6) is 0 Å². The number of carbonyl (C=O) groups excluding carboxylic acids is 3. The Morgan fingerprint density at radius 2 is 2.06 bits per heavy atom. The number of aromatic amines is 1. The van der Waals surface area contributed by atoms with Crippen LogP contribution in [0.15, 0.2) is 42.5 Å². The van der Waals surface area contributed by atoms with E-state index in [1.54, 1.807) is 11.9 Å². The number of rotatable bonds is 7. The minimum atomic E-state index is -0.667. The fourth-order valence-electron chi connectivity index (χ4n) is 3.75. The highest BCUT2D eigenvalue weighted by molar-refractivity contribution is 5.97. The van der Waals surface area contributed by atoms with Crippen LogP contribution in [-0.4, -0.2) is 59.3 Å². The van der Waals surface area contributed by atoms with Crippen molar-refractivity contribution in [3.8, 4) is 0 Å². The number of nitrogens with one attached hydrogen (secondary N) is 3. The number of amides is 1. The Bertz CT molecular complexity index is 1140. The summed E-state index contributed by atoms with van der Waals surface area (Å²) >= 11 is 0. The molecular formula is C23H25N5O4. The summed E-state index contributed by atoms with van der Waals surface area (Å²) in [5.74, 6) is -0.388. The molecule has 1 unspecified atom stereocenters. The number of hydrogen-bond acceptors (Lipinski definition) is 7. The predicted molar refractivity (Wildman–Crippen MR) is 119 cm³/mol. The summed E-state index contributed by atoms with van der Waals surface area (Å²) in [7, 11) is 3.01. The van der Waals surface area contributed by atoms with E-state index in [0.29, 0.717) is 18.9 Å². The number of ether oxygens (including phenoxy) is 1. The number of benzene rings is 2. The van der Waals surface area contributed by atoms with Crippen LogP contribution in [-0.2, 0) is 27.4 Å². The molecule has 9 heteroatoms. The van der Waals surface area contributed by atoms with Gasteiger partial charge in [-0.3, -0.25) is 14.4 Å². The van der Waals surface area contributed by atoms with E-state index in [2.05, 4.69) is 20.6 Å². The number of esters is 1. The van der Waals surface area contributed by atoms with E-state index >= 15 is 0 Å². The molecule has 0 bridgehead atoms. The first kappa shape index (κ1) is 21.5. The topological polar surface area (TPSA) is 116 Å². The van der Waals surface area contributed by atoms with Gasteiger partial charge in [0.2, 0.25) is 11.7 Å². The molecule has 2 heterocycles. The van der Waals surface area contributed by atoms with Gasteiger partial charge in [-0.05, 0) is 29.3 Å². The van der Waals surface area contributed by atoms with Gasteiger partial charge in [0.25, 0.3) is 0 Å². The van der Waals surface area contributed by atoms with Crippen LogP contribution in [0.25, 0.3) is 11.0 Å². The molecule has 0 spiro atoms. The Morgan fingerprint density at radius 3 is 2.84 bits per heavy atom. The van der Waals surface area contributed by atoms with Crippen molar-refractivity contribution >= 4 is 34.4 Å². The third-order valence-electron chi connectivity index (χ3n) is 5.45. The van der Waals surface area contributed by atoms with Gasteiger partial charge in [0.1, 0.15) is 6.04 Å². The standard InChI is InChI=1S/C23H25N5O4/c1-28-13-15-9-14(7-8-16(15)25-19(23(28)31)10-21(30)32-2)11-24-12-20(29)22-26-17-5-3-4-6-18(17)27-22/h3-9,19,24-25H,10-13H2,1-2H3,(H,26,27). The summed E-state index contributed by atoms with van der Waals surface area (Å²) in [4.78, 5) is 45.7. The zero-order valence-corrected chi connectivity index (χ0v) is 18.0. The lowest BCUT2D eigenvalue weighted by Crippen LogP contribution is -2.39. The zero-order chi connectivity index (χ0) is 22.7. The third-order valence-corrected chi connectivity index (χ3v) is 5.45. The molecule has 0 fully saturated rings. The van der Waals surface area contributed by atoms with E-state index in [0.717, 1.165) is 27.8 Å². The first-order valence-corrected chi connectivity index (χ1v) is 10.3. The maximum absolute atomic E-state index is 12.6. The molecule has 0 radical (unpaired) electrons. The quantitative estimate of drug-likeness (QED) is 0.383. The van der Waals surface area contributed by atoms with Crippen molar-refractivity contribution in [3.05, 3.63) is 59.4 Å². The molecular weight excluding hydrogens is 410 g/mol. The number of ketones is 1. The first-order valence-electron chi connectivity index (χ1n) is 10.3. The van der Waals surface area contributed by atoms with Crippen LogP contribution in [0, 0.1) is 0 Å². The predicted octanol–water partition coefficient (Wildman–Crippen LogP) is 1.85. The van der Waals surface area contributed by atoms with Crippen LogP contribution in [0.3, 0.4) is 0 Å². The highest BCUT2D eigenvalue weighted by Gasteiger charge is 2.29. The number of hydrogen-bond donors (Lipinski definition) is 3. The first-order chi connectivity index (χ1) is 15.4. The third kappa shape index (κ3) is 4.62. The van der Waals surface area contributed by atoms with Gasteiger partial charge in [0, 0.05) is 25.8 Å². The van der Waals surface area contributed by atoms with E-state index in [4.69, 9.17) is 4.74 Å². The second-order valence-corrected chi connectivity index (χ2v) is 7.79. The fourth-order valence-corrected chi connectivity index (χ4v) is 3.75. The molecule has 1 aliphatic rings. The second-order valence-electron chi connectivity index (χ2n) is 7.79. The number of para-hydroxylation sites is 2. The lowest BCUT2D eigenvalue weighted by atomic mass is 10.1. The van der Waals surface area contributed by atoms with Crippen molar-refractivity contribution in [1.82, 2.24) is 20.2 Å². The maximum atomic E-state index is 12.6. The van der Waals surface area contributed by atoms with E-state index in [1.807, 2.05) is 42.5 Å². The molecule has 3 aromatic rings. The Hall–Kier alpha value is -3.72. The number of Topliss-reactive ketones (excluding diaryl/α,β-unsaturated/α-hetero) is 1. The van der Waals surface area contributed by atoms with Crippen LogP contribution in [0.1, 0.15) is 28.2 Å². The zero-order valence-electron chi connectivity index (χ0n) is 18.0. The molecule has 0 saturated carbocycles. The van der Waals surface area contributed by atoms with Crippen molar-refractivity contribution in [2.75, 3.05) is 26.0 Å². The minimum absolute atomic E-state index is 0.0354. The summed E-state index contributed by atoms with van der Waals surface area (Å²) in [5, 5.41) is 6.32. The average Bonchev–Trinajstić information content (AvgIpc) is 3.19. The molecule has 2 aromatic carbocycles. The summed E-state index contributed by atoms with van der Waals surface area (Å²) in [6, 6.07) is 12.7. The van der Waals surface area contributed by atoms with Gasteiger partial charge in [-0.25, -0.2) is 4.98 Å². The summed E-state index contributed by atoms with van der Waals surface area (Å²) in [6.07, 6.45) is -0.0354. The van der Waals surface area contributed by atoms with Gasteiger partial charge in [-0.15, -0.1) is 0 Å². The molecule has 3 N–H and O–H groups in total. The van der Waals surface area contributed by atoms with Crippen molar-refractivity contribution in [2.24, 2.45) is 0 Å². The minimum Gasteiger partial charge on any atom is -0.469 e.